The second-order valence-electron chi connectivity index (χ2n) is 5.76. The first-order valence-electron chi connectivity index (χ1n) is 8.01. The number of aromatic nitrogens is 2. The first-order chi connectivity index (χ1) is 11.8. The minimum absolute atomic E-state index is 0.738. The fourth-order valence-electron chi connectivity index (χ4n) is 3.00. The summed E-state index contributed by atoms with van der Waals surface area (Å²) in [6, 6.07) is 18.4. The van der Waals surface area contributed by atoms with Crippen LogP contribution in [0.4, 0.5) is 23.1 Å². The van der Waals surface area contributed by atoms with E-state index in [9.17, 15) is 0 Å². The molecule has 0 aliphatic carbocycles. The van der Waals surface area contributed by atoms with Gasteiger partial charge in [-0.05, 0) is 48.7 Å². The van der Waals surface area contributed by atoms with Crippen molar-refractivity contribution in [3.05, 3.63) is 70.8 Å². The zero-order chi connectivity index (χ0) is 16.4. The molecule has 0 amide bonds. The molecular formula is C19H17BrN4. The highest BCUT2D eigenvalue weighted by atomic mass is 79.9. The van der Waals surface area contributed by atoms with Crippen LogP contribution in [0.3, 0.4) is 0 Å². The van der Waals surface area contributed by atoms with Crippen molar-refractivity contribution >= 4 is 39.1 Å². The van der Waals surface area contributed by atoms with Crippen LogP contribution in [0.25, 0.3) is 0 Å². The van der Waals surface area contributed by atoms with Crippen LogP contribution in [-0.4, -0.2) is 16.5 Å². The summed E-state index contributed by atoms with van der Waals surface area (Å²) in [6.45, 7) is 0.942. The molecule has 3 aromatic rings. The Bertz CT molecular complexity index is 865. The Morgan fingerprint density at radius 1 is 1.04 bits per heavy atom. The van der Waals surface area contributed by atoms with E-state index in [1.54, 1.807) is 6.20 Å². The maximum atomic E-state index is 4.71. The number of nitrogens with one attached hydrogen (secondary N) is 1. The van der Waals surface area contributed by atoms with E-state index in [2.05, 4.69) is 55.4 Å². The summed E-state index contributed by atoms with van der Waals surface area (Å²) in [5.74, 6) is 1.53. The van der Waals surface area contributed by atoms with Crippen molar-refractivity contribution in [1.29, 1.82) is 0 Å². The van der Waals surface area contributed by atoms with Gasteiger partial charge < -0.3 is 10.2 Å². The highest BCUT2D eigenvalue weighted by Gasteiger charge is 2.19. The van der Waals surface area contributed by atoms with Crippen LogP contribution in [-0.2, 0) is 6.42 Å². The Hall–Kier alpha value is -2.40. The van der Waals surface area contributed by atoms with Crippen molar-refractivity contribution < 1.29 is 0 Å². The van der Waals surface area contributed by atoms with E-state index in [1.165, 1.54) is 11.3 Å². The van der Waals surface area contributed by atoms with Crippen LogP contribution in [0.1, 0.15) is 12.0 Å². The lowest BCUT2D eigenvalue weighted by atomic mass is 10.0. The molecule has 1 N–H and O–H groups in total. The summed E-state index contributed by atoms with van der Waals surface area (Å²) in [4.78, 5) is 11.4. The molecule has 0 unspecified atom stereocenters. The summed E-state index contributed by atoms with van der Waals surface area (Å²) in [5, 5.41) is 3.34. The number of hydrogen-bond acceptors (Lipinski definition) is 4. The minimum atomic E-state index is 0.738. The lowest BCUT2D eigenvalue weighted by molar-refractivity contribution is 0.751. The second-order valence-corrected chi connectivity index (χ2v) is 6.68. The summed E-state index contributed by atoms with van der Waals surface area (Å²) in [6.07, 6.45) is 4.03. The Labute approximate surface area is 149 Å². The third-order valence-corrected chi connectivity index (χ3v) is 4.58. The molecule has 4 nitrogen and oxygen atoms in total. The van der Waals surface area contributed by atoms with Gasteiger partial charge in [0.05, 0.1) is 0 Å². The molecular weight excluding hydrogens is 364 g/mol. The van der Waals surface area contributed by atoms with Gasteiger partial charge in [0.25, 0.3) is 0 Å². The summed E-state index contributed by atoms with van der Waals surface area (Å²) < 4.78 is 1.03. The van der Waals surface area contributed by atoms with Crippen LogP contribution in [0.2, 0.25) is 0 Å². The van der Waals surface area contributed by atoms with E-state index in [-0.39, 0.29) is 0 Å². The molecule has 0 saturated carbocycles. The zero-order valence-electron chi connectivity index (χ0n) is 13.1. The third-order valence-electron chi connectivity index (χ3n) is 4.09. The number of anilines is 4. The predicted octanol–water partition coefficient (Wildman–Crippen LogP) is 5.07. The van der Waals surface area contributed by atoms with Gasteiger partial charge in [0, 0.05) is 28.6 Å². The lowest BCUT2D eigenvalue weighted by Crippen LogP contribution is -2.26. The van der Waals surface area contributed by atoms with Crippen molar-refractivity contribution in [2.75, 3.05) is 16.8 Å². The molecule has 0 fully saturated rings. The monoisotopic (exact) mass is 380 g/mol. The fourth-order valence-corrected chi connectivity index (χ4v) is 3.40. The molecule has 1 aromatic heterocycles. The maximum Gasteiger partial charge on any atom is 0.231 e. The smallest absolute Gasteiger partial charge is 0.231 e. The molecule has 0 spiro atoms. The summed E-state index contributed by atoms with van der Waals surface area (Å²) in [5.41, 5.74) is 3.56. The number of benzene rings is 2. The van der Waals surface area contributed by atoms with E-state index in [4.69, 9.17) is 4.98 Å². The number of hydrogen-bond donors (Lipinski definition) is 1. The van der Waals surface area contributed by atoms with Gasteiger partial charge in [-0.2, -0.15) is 4.98 Å². The highest BCUT2D eigenvalue weighted by molar-refractivity contribution is 9.10. The molecule has 5 heteroatoms. The van der Waals surface area contributed by atoms with Gasteiger partial charge in [0.2, 0.25) is 5.95 Å². The standard InChI is InChI=1S/C19H17BrN4/c20-15-7-3-8-16(13-15)22-18-10-11-21-19(23-18)24-12-4-6-14-5-1-2-9-17(14)24/h1-3,5,7-11,13H,4,6,12H2,(H,21,22,23). The van der Waals surface area contributed by atoms with Crippen LogP contribution < -0.4 is 10.2 Å². The number of para-hydroxylation sites is 1. The Morgan fingerprint density at radius 3 is 2.88 bits per heavy atom. The molecule has 4 rings (SSSR count). The molecule has 0 bridgehead atoms. The summed E-state index contributed by atoms with van der Waals surface area (Å²) >= 11 is 3.49. The first kappa shape index (κ1) is 15.1. The van der Waals surface area contributed by atoms with Crippen molar-refractivity contribution in [3.8, 4) is 0 Å². The van der Waals surface area contributed by atoms with Gasteiger partial charge in [-0.25, -0.2) is 4.98 Å². The van der Waals surface area contributed by atoms with Crippen LogP contribution in [0.5, 0.6) is 0 Å². The fraction of sp³-hybridized carbons (Fsp3) is 0.158. The number of halogens is 1. The average molecular weight is 381 g/mol. The van der Waals surface area contributed by atoms with Gasteiger partial charge >= 0.3 is 0 Å². The van der Waals surface area contributed by atoms with E-state index >= 15 is 0 Å². The molecule has 0 atom stereocenters. The predicted molar refractivity (Wildman–Crippen MR) is 101 cm³/mol. The Balaban J connectivity index is 1.64. The van der Waals surface area contributed by atoms with Crippen LogP contribution >= 0.6 is 15.9 Å². The van der Waals surface area contributed by atoms with Crippen molar-refractivity contribution in [3.63, 3.8) is 0 Å². The SMILES string of the molecule is Brc1cccc(Nc2ccnc(N3CCCc4ccccc43)n2)c1. The molecule has 2 aromatic carbocycles. The van der Waals surface area contributed by atoms with Gasteiger partial charge in [0.1, 0.15) is 5.82 Å². The second kappa shape index (κ2) is 6.61. The highest BCUT2D eigenvalue weighted by Crippen LogP contribution is 2.31. The zero-order valence-corrected chi connectivity index (χ0v) is 14.7. The van der Waals surface area contributed by atoms with Gasteiger partial charge in [-0.15, -0.1) is 0 Å². The van der Waals surface area contributed by atoms with E-state index in [0.29, 0.717) is 0 Å². The number of rotatable bonds is 3. The maximum absolute atomic E-state index is 4.71. The average Bonchev–Trinajstić information content (AvgIpc) is 2.61. The molecule has 0 radical (unpaired) electrons. The molecule has 1 aliphatic rings. The minimum Gasteiger partial charge on any atom is -0.340 e. The molecule has 120 valence electrons. The normalized spacial score (nSPS) is 13.5. The third kappa shape index (κ3) is 3.12. The number of aryl methyl sites for hydroxylation is 1. The topological polar surface area (TPSA) is 41.1 Å². The Morgan fingerprint density at radius 2 is 1.96 bits per heavy atom. The number of nitrogens with zero attached hydrogens (tertiary/aromatic N) is 3. The van der Waals surface area contributed by atoms with Crippen LogP contribution in [0, 0.1) is 0 Å². The first-order valence-corrected chi connectivity index (χ1v) is 8.80. The summed E-state index contributed by atoms with van der Waals surface area (Å²) in [7, 11) is 0. The van der Waals surface area contributed by atoms with Crippen molar-refractivity contribution in [1.82, 2.24) is 9.97 Å². The Kier molecular flexibility index (Phi) is 4.17. The van der Waals surface area contributed by atoms with Gasteiger partial charge in [-0.3, -0.25) is 0 Å². The van der Waals surface area contributed by atoms with E-state index < -0.39 is 0 Å². The van der Waals surface area contributed by atoms with Crippen molar-refractivity contribution in [2.45, 2.75) is 12.8 Å². The molecule has 24 heavy (non-hydrogen) atoms. The quantitative estimate of drug-likeness (QED) is 0.688. The molecule has 1 aliphatic heterocycles. The molecule has 0 saturated heterocycles. The van der Waals surface area contributed by atoms with Crippen molar-refractivity contribution in [2.24, 2.45) is 0 Å². The largest absolute Gasteiger partial charge is 0.340 e. The number of fused-ring (bicyclic) bond motifs is 1. The van der Waals surface area contributed by atoms with Gasteiger partial charge in [0.15, 0.2) is 0 Å². The van der Waals surface area contributed by atoms with E-state index in [1.807, 2.05) is 30.3 Å². The molecule has 2 heterocycles. The van der Waals surface area contributed by atoms with Gasteiger partial charge in [-0.1, -0.05) is 40.2 Å². The van der Waals surface area contributed by atoms with Crippen LogP contribution in [0.15, 0.2) is 65.3 Å². The van der Waals surface area contributed by atoms with E-state index in [0.717, 1.165) is 41.3 Å². The lowest BCUT2D eigenvalue weighted by Gasteiger charge is -2.29.